The minimum atomic E-state index is -0.142. The summed E-state index contributed by atoms with van der Waals surface area (Å²) in [6.45, 7) is 0.442. The summed E-state index contributed by atoms with van der Waals surface area (Å²) in [6.07, 6.45) is 0. The van der Waals surface area contributed by atoms with Crippen LogP contribution < -0.4 is 5.32 Å². The monoisotopic (exact) mass is 202 g/mol. The Morgan fingerprint density at radius 2 is 2.25 bits per heavy atom. The summed E-state index contributed by atoms with van der Waals surface area (Å²) in [5.74, 6) is -0.142. The Morgan fingerprint density at radius 3 is 3.00 bits per heavy atom. The molecule has 0 radical (unpaired) electrons. The number of carbonyl (C=O) groups is 1. The molecule has 1 N–H and O–H groups in total. The number of aromatic nitrogens is 1. The van der Waals surface area contributed by atoms with Crippen LogP contribution in [-0.4, -0.2) is 10.9 Å². The number of amides is 1. The van der Waals surface area contributed by atoms with Gasteiger partial charge in [0.15, 0.2) is 0 Å². The highest BCUT2D eigenvalue weighted by molar-refractivity contribution is 6.33. The molecule has 0 unspecified atom stereocenters. The molecule has 0 fully saturated rings. The van der Waals surface area contributed by atoms with E-state index in [2.05, 4.69) is 10.3 Å². The lowest BCUT2D eigenvalue weighted by Gasteiger charge is -1.97. The smallest absolute Gasteiger partial charge is 0.252 e. The molecule has 1 aromatic rings. The molecule has 0 saturated carbocycles. The van der Waals surface area contributed by atoms with Crippen LogP contribution in [-0.2, 0) is 6.54 Å². The molecule has 62 valence electrons. The molecule has 0 bridgehead atoms. The first kappa shape index (κ1) is 7.83. The second-order valence-electron chi connectivity index (χ2n) is 2.44. The van der Waals surface area contributed by atoms with E-state index in [0.717, 1.165) is 5.56 Å². The van der Waals surface area contributed by atoms with Gasteiger partial charge in [-0.05, 0) is 6.07 Å². The van der Waals surface area contributed by atoms with Crippen LogP contribution in [0.1, 0.15) is 15.9 Å². The zero-order chi connectivity index (χ0) is 8.72. The van der Waals surface area contributed by atoms with E-state index in [1.165, 1.54) is 6.07 Å². The minimum absolute atomic E-state index is 0.142. The van der Waals surface area contributed by atoms with Crippen molar-refractivity contribution in [2.24, 2.45) is 0 Å². The van der Waals surface area contributed by atoms with Crippen molar-refractivity contribution in [3.05, 3.63) is 27.5 Å². The summed E-state index contributed by atoms with van der Waals surface area (Å²) in [7, 11) is 0. The van der Waals surface area contributed by atoms with Gasteiger partial charge in [-0.2, -0.15) is 0 Å². The van der Waals surface area contributed by atoms with Crippen LogP contribution in [0.5, 0.6) is 0 Å². The van der Waals surface area contributed by atoms with Crippen molar-refractivity contribution in [2.45, 2.75) is 6.54 Å². The predicted octanol–water partition coefficient (Wildman–Crippen LogP) is 1.63. The van der Waals surface area contributed by atoms with Gasteiger partial charge < -0.3 is 5.32 Å². The molecule has 0 saturated heterocycles. The Morgan fingerprint density at radius 1 is 1.50 bits per heavy atom. The first-order valence-corrected chi connectivity index (χ1v) is 4.07. The first-order valence-electron chi connectivity index (χ1n) is 3.31. The average molecular weight is 203 g/mol. The topological polar surface area (TPSA) is 42.0 Å². The van der Waals surface area contributed by atoms with Gasteiger partial charge >= 0.3 is 0 Å². The van der Waals surface area contributed by atoms with E-state index < -0.39 is 0 Å². The fraction of sp³-hybridized carbons (Fsp3) is 0.143. The van der Waals surface area contributed by atoms with Gasteiger partial charge in [-0.25, -0.2) is 4.98 Å². The summed E-state index contributed by atoms with van der Waals surface area (Å²) in [5, 5.41) is 3.18. The lowest BCUT2D eigenvalue weighted by Crippen LogP contribution is -2.12. The molecule has 0 spiro atoms. The van der Waals surface area contributed by atoms with E-state index in [9.17, 15) is 4.79 Å². The molecule has 1 aromatic heterocycles. The Balaban J connectivity index is 2.68. The normalized spacial score (nSPS) is 14.3. The van der Waals surface area contributed by atoms with Crippen molar-refractivity contribution in [1.82, 2.24) is 10.3 Å². The van der Waals surface area contributed by atoms with Gasteiger partial charge in [-0.1, -0.05) is 23.2 Å². The summed E-state index contributed by atoms with van der Waals surface area (Å²) < 4.78 is 0. The summed E-state index contributed by atoms with van der Waals surface area (Å²) >= 11 is 11.4. The number of fused-ring (bicyclic) bond motifs is 1. The van der Waals surface area contributed by atoms with Gasteiger partial charge in [0.25, 0.3) is 5.91 Å². The van der Waals surface area contributed by atoms with Crippen molar-refractivity contribution in [2.75, 3.05) is 0 Å². The Kier molecular flexibility index (Phi) is 1.70. The number of hydrogen-bond acceptors (Lipinski definition) is 2. The number of halogens is 2. The lowest BCUT2D eigenvalue weighted by atomic mass is 10.2. The largest absolute Gasteiger partial charge is 0.348 e. The van der Waals surface area contributed by atoms with Crippen molar-refractivity contribution in [3.63, 3.8) is 0 Å². The third kappa shape index (κ3) is 1.06. The molecule has 2 rings (SSSR count). The first-order chi connectivity index (χ1) is 5.68. The molecular formula is C7H4Cl2N2O. The highest BCUT2D eigenvalue weighted by atomic mass is 35.5. The van der Waals surface area contributed by atoms with Crippen molar-refractivity contribution < 1.29 is 4.79 Å². The van der Waals surface area contributed by atoms with Crippen molar-refractivity contribution >= 4 is 29.1 Å². The van der Waals surface area contributed by atoms with Gasteiger partial charge in [0, 0.05) is 12.1 Å². The molecule has 1 amide bonds. The Bertz CT molecular complexity index is 365. The molecule has 12 heavy (non-hydrogen) atoms. The maximum atomic E-state index is 11.1. The molecule has 1 aliphatic rings. The number of nitrogens with zero attached hydrogens (tertiary/aromatic N) is 1. The second-order valence-corrected chi connectivity index (χ2v) is 3.19. The third-order valence-electron chi connectivity index (χ3n) is 1.71. The van der Waals surface area contributed by atoms with Crippen molar-refractivity contribution in [3.8, 4) is 0 Å². The molecule has 5 heteroatoms. The van der Waals surface area contributed by atoms with Gasteiger partial charge in [0.05, 0.1) is 5.56 Å². The quantitative estimate of drug-likeness (QED) is 0.651. The van der Waals surface area contributed by atoms with E-state index in [1.54, 1.807) is 0 Å². The number of rotatable bonds is 0. The van der Waals surface area contributed by atoms with E-state index in [0.29, 0.717) is 17.3 Å². The van der Waals surface area contributed by atoms with E-state index in [4.69, 9.17) is 23.2 Å². The number of carbonyl (C=O) groups excluding carboxylic acids is 1. The number of nitrogens with one attached hydrogen (secondary N) is 1. The highest BCUT2D eigenvalue weighted by Gasteiger charge is 2.22. The van der Waals surface area contributed by atoms with E-state index in [1.807, 2.05) is 0 Å². The molecule has 0 atom stereocenters. The zero-order valence-electron chi connectivity index (χ0n) is 5.90. The maximum Gasteiger partial charge on any atom is 0.252 e. The van der Waals surface area contributed by atoms with E-state index in [-0.39, 0.29) is 11.1 Å². The molecule has 0 aromatic carbocycles. The molecule has 0 aliphatic carbocycles. The summed E-state index contributed by atoms with van der Waals surface area (Å²) in [5.41, 5.74) is 1.26. The standard InChI is InChI=1S/C7H4Cl2N2O/c8-5-1-3-4(6(9)11-5)2-10-7(3)12/h1H,2H2,(H,10,12). The van der Waals surface area contributed by atoms with Crippen LogP contribution in [0.4, 0.5) is 0 Å². The van der Waals surface area contributed by atoms with Gasteiger partial charge in [0.1, 0.15) is 10.3 Å². The highest BCUT2D eigenvalue weighted by Crippen LogP contribution is 2.24. The maximum absolute atomic E-state index is 11.1. The van der Waals surface area contributed by atoms with Crippen LogP contribution >= 0.6 is 23.2 Å². The van der Waals surface area contributed by atoms with Crippen LogP contribution in [0, 0.1) is 0 Å². The van der Waals surface area contributed by atoms with Crippen LogP contribution in [0.3, 0.4) is 0 Å². The second kappa shape index (κ2) is 2.61. The minimum Gasteiger partial charge on any atom is -0.348 e. The Labute approximate surface area is 78.7 Å². The van der Waals surface area contributed by atoms with Gasteiger partial charge in [-0.3, -0.25) is 4.79 Å². The van der Waals surface area contributed by atoms with Gasteiger partial charge in [0.2, 0.25) is 0 Å². The SMILES string of the molecule is O=C1NCc2c1cc(Cl)nc2Cl. The van der Waals surface area contributed by atoms with Crippen LogP contribution in [0.15, 0.2) is 6.07 Å². The molecule has 3 nitrogen and oxygen atoms in total. The van der Waals surface area contributed by atoms with Crippen molar-refractivity contribution in [1.29, 1.82) is 0 Å². The fourth-order valence-corrected chi connectivity index (χ4v) is 1.64. The van der Waals surface area contributed by atoms with Gasteiger partial charge in [-0.15, -0.1) is 0 Å². The molecular weight excluding hydrogens is 199 g/mol. The third-order valence-corrected chi connectivity index (χ3v) is 2.22. The summed E-state index contributed by atoms with van der Waals surface area (Å²) in [6, 6.07) is 1.52. The van der Waals surface area contributed by atoms with E-state index >= 15 is 0 Å². The molecule has 1 aliphatic heterocycles. The van der Waals surface area contributed by atoms with Crippen LogP contribution in [0.25, 0.3) is 0 Å². The Hall–Kier alpha value is -0.800. The summed E-state index contributed by atoms with van der Waals surface area (Å²) in [4.78, 5) is 14.9. The van der Waals surface area contributed by atoms with Crippen LogP contribution in [0.2, 0.25) is 10.3 Å². The number of pyridine rings is 1. The lowest BCUT2D eigenvalue weighted by molar-refractivity contribution is 0.0965. The average Bonchev–Trinajstić information content (AvgIpc) is 2.33. The predicted molar refractivity (Wildman–Crippen MR) is 45.4 cm³/mol. The number of hydrogen-bond donors (Lipinski definition) is 1. The zero-order valence-corrected chi connectivity index (χ0v) is 7.41. The fourth-order valence-electron chi connectivity index (χ4n) is 1.15. The molecule has 2 heterocycles.